The van der Waals surface area contributed by atoms with Gasteiger partial charge in [-0.05, 0) is 37.1 Å². The lowest BCUT2D eigenvalue weighted by molar-refractivity contribution is -0.122. The first kappa shape index (κ1) is 15.5. The maximum atomic E-state index is 11.3. The van der Waals surface area contributed by atoms with Crippen molar-refractivity contribution >= 4 is 15.9 Å². The molecule has 0 fully saturated rings. The fourth-order valence-corrected chi connectivity index (χ4v) is 2.28. The molecule has 0 aliphatic heterocycles. The van der Waals surface area contributed by atoms with Crippen molar-refractivity contribution < 1.29 is 17.9 Å². The number of ether oxygens (including phenoxy) is 1. The van der Waals surface area contributed by atoms with Crippen LogP contribution in [0.4, 0.5) is 0 Å². The standard InChI is InChI=1S/C12H18N2O4S/c1-7-4-10(19(14,16)17)5-8(2)11(7)18-6-9(3)12(13)15/h4-5,9H,6H2,1-3H3,(H2,13,15)(H2,14,16,17). The summed E-state index contributed by atoms with van der Waals surface area (Å²) in [4.78, 5) is 11.0. The van der Waals surface area contributed by atoms with Gasteiger partial charge < -0.3 is 10.5 Å². The average molecular weight is 286 g/mol. The van der Waals surface area contributed by atoms with Gasteiger partial charge in [0, 0.05) is 0 Å². The van der Waals surface area contributed by atoms with Gasteiger partial charge in [0.05, 0.1) is 17.4 Å². The molecule has 0 heterocycles. The zero-order valence-corrected chi connectivity index (χ0v) is 12.0. The second-order valence-corrected chi connectivity index (χ2v) is 6.11. The van der Waals surface area contributed by atoms with Crippen LogP contribution in [0, 0.1) is 19.8 Å². The lowest BCUT2D eigenvalue weighted by Crippen LogP contribution is -2.26. The lowest BCUT2D eigenvalue weighted by atomic mass is 10.1. The number of benzene rings is 1. The van der Waals surface area contributed by atoms with Crippen LogP contribution >= 0.6 is 0 Å². The van der Waals surface area contributed by atoms with Crippen molar-refractivity contribution in [3.8, 4) is 5.75 Å². The molecule has 6 nitrogen and oxygen atoms in total. The van der Waals surface area contributed by atoms with E-state index in [1.54, 1.807) is 20.8 Å². The molecule has 0 bridgehead atoms. The van der Waals surface area contributed by atoms with Crippen molar-refractivity contribution in [3.63, 3.8) is 0 Å². The highest BCUT2D eigenvalue weighted by molar-refractivity contribution is 7.89. The molecule has 7 heteroatoms. The molecule has 1 aromatic rings. The smallest absolute Gasteiger partial charge is 0.238 e. The van der Waals surface area contributed by atoms with Crippen LogP contribution in [0.3, 0.4) is 0 Å². The van der Waals surface area contributed by atoms with E-state index in [9.17, 15) is 13.2 Å². The summed E-state index contributed by atoms with van der Waals surface area (Å²) in [5, 5.41) is 5.08. The second-order valence-electron chi connectivity index (χ2n) is 4.55. The monoisotopic (exact) mass is 286 g/mol. The Labute approximate surface area is 112 Å². The highest BCUT2D eigenvalue weighted by atomic mass is 32.2. The summed E-state index contributed by atoms with van der Waals surface area (Å²) in [5.74, 6) is -0.325. The van der Waals surface area contributed by atoms with Gasteiger partial charge in [-0.25, -0.2) is 13.6 Å². The molecular formula is C12H18N2O4S. The van der Waals surface area contributed by atoms with E-state index in [4.69, 9.17) is 15.6 Å². The SMILES string of the molecule is Cc1cc(S(N)(=O)=O)cc(C)c1OCC(C)C(N)=O. The molecular weight excluding hydrogens is 268 g/mol. The largest absolute Gasteiger partial charge is 0.492 e. The number of primary amides is 1. The van der Waals surface area contributed by atoms with E-state index < -0.39 is 21.8 Å². The predicted molar refractivity (Wildman–Crippen MR) is 71.1 cm³/mol. The van der Waals surface area contributed by atoms with Gasteiger partial charge in [-0.3, -0.25) is 4.79 Å². The van der Waals surface area contributed by atoms with E-state index in [0.717, 1.165) is 0 Å². The van der Waals surface area contributed by atoms with E-state index >= 15 is 0 Å². The van der Waals surface area contributed by atoms with E-state index in [-0.39, 0.29) is 11.5 Å². The Hall–Kier alpha value is -1.60. The van der Waals surface area contributed by atoms with Gasteiger partial charge in [0.1, 0.15) is 5.75 Å². The van der Waals surface area contributed by atoms with Gasteiger partial charge in [0.25, 0.3) is 0 Å². The third kappa shape index (κ3) is 3.93. The van der Waals surface area contributed by atoms with E-state index in [1.807, 2.05) is 0 Å². The Balaban J connectivity index is 3.02. The molecule has 1 amide bonds. The van der Waals surface area contributed by atoms with Gasteiger partial charge in [-0.15, -0.1) is 0 Å². The van der Waals surface area contributed by atoms with Crippen LogP contribution in [0.2, 0.25) is 0 Å². The van der Waals surface area contributed by atoms with Crippen molar-refractivity contribution in [3.05, 3.63) is 23.3 Å². The fraction of sp³-hybridized carbons (Fsp3) is 0.417. The number of primary sulfonamides is 1. The first-order valence-electron chi connectivity index (χ1n) is 5.69. The van der Waals surface area contributed by atoms with Crippen LogP contribution in [0.1, 0.15) is 18.1 Å². The highest BCUT2D eigenvalue weighted by Gasteiger charge is 2.15. The van der Waals surface area contributed by atoms with Gasteiger partial charge in [0.2, 0.25) is 15.9 Å². The molecule has 0 spiro atoms. The molecule has 0 saturated heterocycles. The zero-order valence-electron chi connectivity index (χ0n) is 11.1. The Morgan fingerprint density at radius 2 is 1.79 bits per heavy atom. The molecule has 1 atom stereocenters. The molecule has 4 N–H and O–H groups in total. The number of nitrogens with two attached hydrogens (primary N) is 2. The quantitative estimate of drug-likeness (QED) is 0.818. The van der Waals surface area contributed by atoms with Crippen LogP contribution in [-0.4, -0.2) is 20.9 Å². The number of sulfonamides is 1. The Bertz CT molecular complexity index is 573. The summed E-state index contributed by atoms with van der Waals surface area (Å²) >= 11 is 0. The molecule has 19 heavy (non-hydrogen) atoms. The minimum atomic E-state index is -3.74. The number of carbonyl (C=O) groups excluding carboxylic acids is 1. The Morgan fingerprint density at radius 1 is 1.32 bits per heavy atom. The number of hydrogen-bond donors (Lipinski definition) is 2. The van der Waals surface area contributed by atoms with Gasteiger partial charge in [-0.2, -0.15) is 0 Å². The third-order valence-electron chi connectivity index (χ3n) is 2.73. The maximum absolute atomic E-state index is 11.3. The van der Waals surface area contributed by atoms with Crippen molar-refractivity contribution in [1.29, 1.82) is 0 Å². The molecule has 0 saturated carbocycles. The molecule has 0 aliphatic rings. The van der Waals surface area contributed by atoms with Crippen LogP contribution in [0.15, 0.2) is 17.0 Å². The second kappa shape index (κ2) is 5.58. The average Bonchev–Trinajstić information content (AvgIpc) is 2.25. The van der Waals surface area contributed by atoms with Crippen LogP contribution in [-0.2, 0) is 14.8 Å². The van der Waals surface area contributed by atoms with E-state index in [2.05, 4.69) is 0 Å². The number of amides is 1. The van der Waals surface area contributed by atoms with E-state index in [1.165, 1.54) is 12.1 Å². The minimum Gasteiger partial charge on any atom is -0.492 e. The van der Waals surface area contributed by atoms with Crippen LogP contribution in [0.25, 0.3) is 0 Å². The van der Waals surface area contributed by atoms with Crippen molar-refractivity contribution in [2.75, 3.05) is 6.61 Å². The molecule has 0 aliphatic carbocycles. The molecule has 1 aromatic carbocycles. The number of rotatable bonds is 5. The number of carbonyl (C=O) groups is 1. The molecule has 1 rings (SSSR count). The predicted octanol–water partition coefficient (Wildman–Crippen LogP) is 0.451. The summed E-state index contributed by atoms with van der Waals surface area (Å²) < 4.78 is 28.1. The third-order valence-corrected chi connectivity index (χ3v) is 3.62. The Morgan fingerprint density at radius 3 is 2.16 bits per heavy atom. The van der Waals surface area contributed by atoms with Crippen LogP contribution in [0.5, 0.6) is 5.75 Å². The van der Waals surface area contributed by atoms with Gasteiger partial charge in [-0.1, -0.05) is 6.92 Å². The topological polar surface area (TPSA) is 112 Å². The fourth-order valence-electron chi connectivity index (χ4n) is 1.59. The van der Waals surface area contributed by atoms with Gasteiger partial charge >= 0.3 is 0 Å². The summed E-state index contributed by atoms with van der Waals surface area (Å²) in [6.45, 7) is 5.23. The summed E-state index contributed by atoms with van der Waals surface area (Å²) in [7, 11) is -3.74. The lowest BCUT2D eigenvalue weighted by Gasteiger charge is -2.15. The van der Waals surface area contributed by atoms with Crippen molar-refractivity contribution in [1.82, 2.24) is 0 Å². The van der Waals surface area contributed by atoms with Crippen LogP contribution < -0.4 is 15.6 Å². The van der Waals surface area contributed by atoms with Crippen molar-refractivity contribution in [2.45, 2.75) is 25.7 Å². The minimum absolute atomic E-state index is 0.0396. The first-order chi connectivity index (χ1) is 8.62. The maximum Gasteiger partial charge on any atom is 0.238 e. The molecule has 0 radical (unpaired) electrons. The normalized spacial score (nSPS) is 13.1. The number of hydrogen-bond acceptors (Lipinski definition) is 4. The van der Waals surface area contributed by atoms with E-state index in [0.29, 0.717) is 16.9 Å². The van der Waals surface area contributed by atoms with Crippen molar-refractivity contribution in [2.24, 2.45) is 16.8 Å². The Kier molecular flexibility index (Phi) is 4.54. The summed E-state index contributed by atoms with van der Waals surface area (Å²) in [6, 6.07) is 2.87. The molecule has 0 aromatic heterocycles. The summed E-state index contributed by atoms with van der Waals surface area (Å²) in [5.41, 5.74) is 6.42. The van der Waals surface area contributed by atoms with Gasteiger partial charge in [0.15, 0.2) is 0 Å². The summed E-state index contributed by atoms with van der Waals surface area (Å²) in [6.07, 6.45) is 0. The molecule has 106 valence electrons. The first-order valence-corrected chi connectivity index (χ1v) is 7.23. The highest BCUT2D eigenvalue weighted by Crippen LogP contribution is 2.26. The zero-order chi connectivity index (χ0) is 14.8. The number of aryl methyl sites for hydroxylation is 2. The molecule has 1 unspecified atom stereocenters.